The second-order valence-electron chi connectivity index (χ2n) is 10.9. The first-order valence-electron chi connectivity index (χ1n) is 14.7. The predicted octanol–water partition coefficient (Wildman–Crippen LogP) is 6.93. The molecule has 0 unspecified atom stereocenters. The van der Waals surface area contributed by atoms with Crippen molar-refractivity contribution in [3.63, 3.8) is 0 Å². The number of aromatic amines is 1. The van der Waals surface area contributed by atoms with Crippen molar-refractivity contribution < 1.29 is 41.3 Å². The first-order chi connectivity index (χ1) is 23.2. The summed E-state index contributed by atoms with van der Waals surface area (Å²) in [5.41, 5.74) is 3.05. The van der Waals surface area contributed by atoms with E-state index >= 15 is 0 Å². The van der Waals surface area contributed by atoms with Gasteiger partial charge < -0.3 is 19.9 Å². The first kappa shape index (κ1) is 33.3. The summed E-state index contributed by atoms with van der Waals surface area (Å²) in [6.45, 7) is -0.293. The number of hydrogen-bond acceptors (Lipinski definition) is 7. The van der Waals surface area contributed by atoms with E-state index < -0.39 is 46.8 Å². The number of nitrogens with zero attached hydrogens (tertiary/aromatic N) is 2. The van der Waals surface area contributed by atoms with Crippen molar-refractivity contribution in [2.75, 3.05) is 5.75 Å². The van der Waals surface area contributed by atoms with Crippen LogP contribution in [0.15, 0.2) is 84.3 Å². The number of thioether (sulfide) groups is 1. The number of carbonyl (C=O) groups is 1. The molecule has 0 bridgehead atoms. The van der Waals surface area contributed by atoms with E-state index in [4.69, 9.17) is 9.47 Å². The summed E-state index contributed by atoms with van der Waals surface area (Å²) >= 11 is 1.49. The molecule has 3 atom stereocenters. The maximum Gasteiger partial charge on any atom is 0.257 e. The fourth-order valence-electron chi connectivity index (χ4n) is 5.23. The topological polar surface area (TPSA) is 109 Å². The molecule has 4 aromatic carbocycles. The highest BCUT2D eigenvalue weighted by molar-refractivity contribution is 7.99. The smallest absolute Gasteiger partial charge is 0.257 e. The van der Waals surface area contributed by atoms with Crippen molar-refractivity contribution >= 4 is 17.7 Å². The zero-order chi connectivity index (χ0) is 33.8. The number of aromatic nitrogens is 3. The van der Waals surface area contributed by atoms with Crippen molar-refractivity contribution in [2.24, 2.45) is 0 Å². The molecular weight excluding hydrogens is 655 g/mol. The van der Waals surface area contributed by atoms with Crippen LogP contribution < -0.4 is 5.32 Å². The Bertz CT molecular complexity index is 1870. The summed E-state index contributed by atoms with van der Waals surface area (Å²) in [5, 5.41) is 19.1. The van der Waals surface area contributed by atoms with Gasteiger partial charge in [0.05, 0.1) is 18.8 Å². The summed E-state index contributed by atoms with van der Waals surface area (Å²) in [7, 11) is 0. The summed E-state index contributed by atoms with van der Waals surface area (Å²) in [6, 6.07) is 21.9. The van der Waals surface area contributed by atoms with Crippen molar-refractivity contribution in [3.05, 3.63) is 136 Å². The average Bonchev–Trinajstić information content (AvgIpc) is 3.65. The fraction of sp³-hybridized carbons (Fsp3) is 0.206. The maximum absolute atomic E-state index is 14.1. The number of halogens is 5. The molecule has 0 spiro atoms. The van der Waals surface area contributed by atoms with Crippen LogP contribution >= 0.6 is 11.8 Å². The number of carbonyl (C=O) groups excluding carboxylic acids is 1. The van der Waals surface area contributed by atoms with Crippen molar-refractivity contribution in [2.45, 2.75) is 43.2 Å². The molecule has 1 aliphatic rings. The average molecular weight is 683 g/mol. The number of aliphatic hydroxyl groups excluding tert-OH is 1. The Morgan fingerprint density at radius 1 is 0.854 bits per heavy atom. The molecule has 0 aliphatic carbocycles. The second-order valence-corrected chi connectivity index (χ2v) is 11.9. The van der Waals surface area contributed by atoms with Crippen LogP contribution in [0, 0.1) is 29.1 Å². The van der Waals surface area contributed by atoms with E-state index in [2.05, 4.69) is 20.5 Å². The predicted molar refractivity (Wildman–Crippen MR) is 165 cm³/mol. The number of H-pyrrole nitrogens is 1. The van der Waals surface area contributed by atoms with E-state index in [1.807, 2.05) is 54.6 Å². The number of benzene rings is 4. The fourth-order valence-corrected chi connectivity index (χ4v) is 6.02. The molecule has 1 fully saturated rings. The van der Waals surface area contributed by atoms with Gasteiger partial charge in [-0.05, 0) is 33.9 Å². The maximum atomic E-state index is 14.1. The molecule has 0 radical (unpaired) electrons. The molecule has 2 heterocycles. The monoisotopic (exact) mass is 682 g/mol. The van der Waals surface area contributed by atoms with Crippen LogP contribution in [0.4, 0.5) is 22.0 Å². The zero-order valence-electron chi connectivity index (χ0n) is 24.9. The van der Waals surface area contributed by atoms with Gasteiger partial charge in [-0.15, -0.1) is 0 Å². The SMILES string of the molecule is O=C(NCc1cccc(-c2ccc([C@H]3O[C@@H](CSc4ncn[nH]4)C[C@@H](c4ccc(CO)cc4)O3)cc2)c1)c1c(F)c(F)c(F)c(F)c1F. The third-order valence-electron chi connectivity index (χ3n) is 7.75. The van der Waals surface area contributed by atoms with E-state index in [0.29, 0.717) is 22.9 Å². The van der Waals surface area contributed by atoms with Crippen molar-refractivity contribution in [1.82, 2.24) is 20.5 Å². The summed E-state index contributed by atoms with van der Waals surface area (Å²) in [5.74, 6) is -12.0. The molecule has 3 N–H and O–H groups in total. The summed E-state index contributed by atoms with van der Waals surface area (Å²) in [6.07, 6.45) is 0.905. The molecule has 1 amide bonds. The molecule has 0 saturated carbocycles. The third-order valence-corrected chi connectivity index (χ3v) is 8.76. The van der Waals surface area contributed by atoms with E-state index in [-0.39, 0.29) is 25.4 Å². The van der Waals surface area contributed by atoms with Gasteiger partial charge in [0, 0.05) is 24.3 Å². The zero-order valence-corrected chi connectivity index (χ0v) is 25.7. The van der Waals surface area contributed by atoms with Gasteiger partial charge in [0.15, 0.2) is 34.7 Å². The number of rotatable bonds is 10. The van der Waals surface area contributed by atoms with Gasteiger partial charge >= 0.3 is 0 Å². The minimum Gasteiger partial charge on any atom is -0.392 e. The van der Waals surface area contributed by atoms with Crippen LogP contribution in [0.5, 0.6) is 0 Å². The Morgan fingerprint density at radius 3 is 2.21 bits per heavy atom. The Balaban J connectivity index is 1.16. The molecule has 1 aromatic heterocycles. The van der Waals surface area contributed by atoms with Gasteiger partial charge in [0.2, 0.25) is 5.82 Å². The van der Waals surface area contributed by atoms with Crippen molar-refractivity contribution in [3.8, 4) is 11.1 Å². The highest BCUT2D eigenvalue weighted by Crippen LogP contribution is 2.39. The lowest BCUT2D eigenvalue weighted by Crippen LogP contribution is -2.31. The quantitative estimate of drug-likeness (QED) is 0.0635. The molecule has 14 heteroatoms. The van der Waals surface area contributed by atoms with E-state index in [1.165, 1.54) is 18.1 Å². The van der Waals surface area contributed by atoms with Crippen LogP contribution in [0.3, 0.4) is 0 Å². The van der Waals surface area contributed by atoms with Gasteiger partial charge in [0.1, 0.15) is 11.9 Å². The molecule has 8 nitrogen and oxygen atoms in total. The summed E-state index contributed by atoms with van der Waals surface area (Å²) in [4.78, 5) is 16.6. The van der Waals surface area contributed by atoms with Gasteiger partial charge in [-0.1, -0.05) is 78.5 Å². The van der Waals surface area contributed by atoms with Crippen LogP contribution in [-0.4, -0.2) is 38.1 Å². The molecule has 1 saturated heterocycles. The lowest BCUT2D eigenvalue weighted by Gasteiger charge is -2.36. The van der Waals surface area contributed by atoms with E-state index in [1.54, 1.807) is 18.2 Å². The Hall–Kier alpha value is -4.63. The van der Waals surface area contributed by atoms with Crippen LogP contribution in [0.1, 0.15) is 51.4 Å². The minimum absolute atomic E-state index is 0.0592. The van der Waals surface area contributed by atoms with Gasteiger partial charge in [-0.25, -0.2) is 26.9 Å². The van der Waals surface area contributed by atoms with Crippen LogP contribution in [0.2, 0.25) is 0 Å². The third kappa shape index (κ3) is 7.26. The van der Waals surface area contributed by atoms with Gasteiger partial charge in [-0.2, -0.15) is 5.10 Å². The van der Waals surface area contributed by atoms with Crippen LogP contribution in [0.25, 0.3) is 11.1 Å². The highest BCUT2D eigenvalue weighted by atomic mass is 32.2. The lowest BCUT2D eigenvalue weighted by atomic mass is 9.99. The molecule has 1 aliphatic heterocycles. The normalized spacial score (nSPS) is 17.8. The van der Waals surface area contributed by atoms with Crippen LogP contribution in [-0.2, 0) is 22.6 Å². The Kier molecular flexibility index (Phi) is 10.2. The molecular formula is C34H27F5N4O4S. The lowest BCUT2D eigenvalue weighted by molar-refractivity contribution is -0.245. The highest BCUT2D eigenvalue weighted by Gasteiger charge is 2.33. The minimum atomic E-state index is -2.34. The van der Waals surface area contributed by atoms with E-state index in [9.17, 15) is 31.9 Å². The van der Waals surface area contributed by atoms with Gasteiger partial charge in [-0.3, -0.25) is 9.89 Å². The number of ether oxygens (including phenoxy) is 2. The number of amides is 1. The summed E-state index contributed by atoms with van der Waals surface area (Å²) < 4.78 is 81.4. The standard InChI is InChI=1S/C34H27F5N4O4S/c35-27-26(28(36)30(38)31(39)29(27)37)32(45)40-14-19-2-1-3-23(12-19)20-8-10-22(11-9-20)33-46-24(16-48-34-41-17-42-43-34)13-25(47-33)21-6-4-18(15-44)5-7-21/h1-12,17,24-25,33,44H,13-16H2,(H,40,45)(H,41,42,43)/t24-,25+,33+/m1/s1. The van der Waals surface area contributed by atoms with Gasteiger partial charge in [0.25, 0.3) is 5.91 Å². The second kappa shape index (κ2) is 14.6. The molecule has 248 valence electrons. The molecule has 48 heavy (non-hydrogen) atoms. The number of nitrogens with one attached hydrogen (secondary N) is 2. The molecule has 5 aromatic rings. The number of aliphatic hydroxyl groups is 1. The molecule has 6 rings (SSSR count). The Morgan fingerprint density at radius 2 is 1.54 bits per heavy atom. The number of hydrogen-bond donors (Lipinski definition) is 3. The van der Waals surface area contributed by atoms with Crippen molar-refractivity contribution in [1.29, 1.82) is 0 Å². The Labute approximate surface area is 275 Å². The van der Waals surface area contributed by atoms with E-state index in [0.717, 1.165) is 27.8 Å². The first-order valence-corrected chi connectivity index (χ1v) is 15.7. The largest absolute Gasteiger partial charge is 0.392 e.